The van der Waals surface area contributed by atoms with Gasteiger partial charge in [-0.2, -0.15) is 0 Å². The van der Waals surface area contributed by atoms with Crippen LogP contribution in [0, 0.1) is 0 Å². The maximum absolute atomic E-state index is 12.2. The normalized spacial score (nSPS) is 15.7. The largest absolute Gasteiger partial charge is 0.354 e. The van der Waals surface area contributed by atoms with Gasteiger partial charge in [-0.3, -0.25) is 9.69 Å². The van der Waals surface area contributed by atoms with E-state index in [0.29, 0.717) is 13.1 Å². The SMILES string of the molecule is CCCCC(CN)NC(=O)CN1CCN(c2ccccn2)CC1.Cl.Cl. The van der Waals surface area contributed by atoms with Crippen molar-refractivity contribution in [1.29, 1.82) is 0 Å². The molecule has 1 aromatic rings. The van der Waals surface area contributed by atoms with E-state index in [1.165, 1.54) is 0 Å². The van der Waals surface area contributed by atoms with E-state index in [1.54, 1.807) is 0 Å². The van der Waals surface area contributed by atoms with Crippen LogP contribution in [0.15, 0.2) is 24.4 Å². The number of rotatable bonds is 8. The maximum Gasteiger partial charge on any atom is 0.234 e. The summed E-state index contributed by atoms with van der Waals surface area (Å²) < 4.78 is 0. The Labute approximate surface area is 163 Å². The molecule has 0 spiro atoms. The lowest BCUT2D eigenvalue weighted by molar-refractivity contribution is -0.123. The molecular formula is C17H31Cl2N5O. The molecule has 1 aromatic heterocycles. The predicted molar refractivity (Wildman–Crippen MR) is 108 cm³/mol. The molecule has 1 amide bonds. The van der Waals surface area contributed by atoms with Crippen molar-refractivity contribution in [3.63, 3.8) is 0 Å². The summed E-state index contributed by atoms with van der Waals surface area (Å²) in [7, 11) is 0. The van der Waals surface area contributed by atoms with Gasteiger partial charge in [-0.25, -0.2) is 4.98 Å². The monoisotopic (exact) mass is 391 g/mol. The Hall–Kier alpha value is -1.08. The molecule has 6 nitrogen and oxygen atoms in total. The lowest BCUT2D eigenvalue weighted by Gasteiger charge is -2.35. The molecule has 1 saturated heterocycles. The van der Waals surface area contributed by atoms with Crippen LogP contribution in [0.25, 0.3) is 0 Å². The summed E-state index contributed by atoms with van der Waals surface area (Å²) in [6, 6.07) is 6.07. The number of unbranched alkanes of at least 4 members (excludes halogenated alkanes) is 1. The summed E-state index contributed by atoms with van der Waals surface area (Å²) in [5.74, 6) is 1.10. The highest BCUT2D eigenvalue weighted by molar-refractivity contribution is 5.85. The van der Waals surface area contributed by atoms with Gasteiger partial charge in [-0.15, -0.1) is 24.8 Å². The Morgan fingerprint density at radius 3 is 2.56 bits per heavy atom. The molecule has 0 aliphatic carbocycles. The van der Waals surface area contributed by atoms with E-state index in [-0.39, 0.29) is 36.8 Å². The quantitative estimate of drug-likeness (QED) is 0.704. The summed E-state index contributed by atoms with van der Waals surface area (Å²) in [6.45, 7) is 6.69. The van der Waals surface area contributed by atoms with Crippen molar-refractivity contribution in [3.8, 4) is 0 Å². The first-order valence-electron chi connectivity index (χ1n) is 8.60. The smallest absolute Gasteiger partial charge is 0.234 e. The van der Waals surface area contributed by atoms with Crippen molar-refractivity contribution in [2.75, 3.05) is 44.2 Å². The number of nitrogens with one attached hydrogen (secondary N) is 1. The molecule has 8 heteroatoms. The molecule has 1 atom stereocenters. The molecule has 144 valence electrons. The van der Waals surface area contributed by atoms with Crippen molar-refractivity contribution in [1.82, 2.24) is 15.2 Å². The summed E-state index contributed by atoms with van der Waals surface area (Å²) >= 11 is 0. The molecule has 1 aliphatic heterocycles. The summed E-state index contributed by atoms with van der Waals surface area (Å²) in [5, 5.41) is 3.06. The standard InChI is InChI=1S/C17H29N5O.2ClH/c1-2-3-6-15(13-18)20-17(23)14-21-9-11-22(12-10-21)16-7-4-5-8-19-16;;/h4-5,7-8,15H,2-3,6,9-14,18H2,1H3,(H,20,23);2*1H. The fourth-order valence-electron chi connectivity index (χ4n) is 2.85. The van der Waals surface area contributed by atoms with E-state index in [2.05, 4.69) is 27.0 Å². The van der Waals surface area contributed by atoms with Gasteiger partial charge in [-0.1, -0.05) is 25.8 Å². The Kier molecular flexibility index (Phi) is 12.6. The molecule has 3 N–H and O–H groups in total. The Balaban J connectivity index is 0.00000288. The van der Waals surface area contributed by atoms with Crippen molar-refractivity contribution >= 4 is 36.5 Å². The first-order valence-corrected chi connectivity index (χ1v) is 8.60. The third-order valence-corrected chi connectivity index (χ3v) is 4.27. The van der Waals surface area contributed by atoms with Gasteiger partial charge in [0.2, 0.25) is 5.91 Å². The molecule has 25 heavy (non-hydrogen) atoms. The fraction of sp³-hybridized carbons (Fsp3) is 0.647. The number of halogens is 2. The maximum atomic E-state index is 12.2. The fourth-order valence-corrected chi connectivity index (χ4v) is 2.85. The van der Waals surface area contributed by atoms with Gasteiger partial charge in [-0.05, 0) is 18.6 Å². The summed E-state index contributed by atoms with van der Waals surface area (Å²) in [5.41, 5.74) is 5.74. The van der Waals surface area contributed by atoms with Crippen LogP contribution in [-0.4, -0.2) is 61.1 Å². The van der Waals surface area contributed by atoms with E-state index in [9.17, 15) is 4.79 Å². The van der Waals surface area contributed by atoms with Crippen molar-refractivity contribution < 1.29 is 4.79 Å². The van der Waals surface area contributed by atoms with E-state index >= 15 is 0 Å². The molecule has 0 saturated carbocycles. The first kappa shape index (κ1) is 23.9. The van der Waals surface area contributed by atoms with E-state index < -0.39 is 0 Å². The average Bonchev–Trinajstić information content (AvgIpc) is 2.60. The third-order valence-electron chi connectivity index (χ3n) is 4.27. The molecule has 1 fully saturated rings. The van der Waals surface area contributed by atoms with Crippen LogP contribution < -0.4 is 16.0 Å². The summed E-state index contributed by atoms with van der Waals surface area (Å²) in [4.78, 5) is 21.0. The second-order valence-corrected chi connectivity index (χ2v) is 6.09. The highest BCUT2D eigenvalue weighted by Crippen LogP contribution is 2.12. The van der Waals surface area contributed by atoms with Gasteiger partial charge in [0, 0.05) is 45.0 Å². The molecule has 0 radical (unpaired) electrons. The Bertz CT molecular complexity index is 469. The number of piperazine rings is 1. The minimum atomic E-state index is 0. The number of carbonyl (C=O) groups excluding carboxylic acids is 1. The van der Waals surface area contributed by atoms with Gasteiger partial charge in [0.1, 0.15) is 5.82 Å². The minimum Gasteiger partial charge on any atom is -0.354 e. The molecule has 0 aromatic carbocycles. The molecule has 2 heterocycles. The number of anilines is 1. The number of hydrogen-bond acceptors (Lipinski definition) is 5. The van der Waals surface area contributed by atoms with Crippen molar-refractivity contribution in [3.05, 3.63) is 24.4 Å². The van der Waals surface area contributed by atoms with Crippen LogP contribution in [0.2, 0.25) is 0 Å². The van der Waals surface area contributed by atoms with Crippen LogP contribution in [0.3, 0.4) is 0 Å². The Morgan fingerprint density at radius 2 is 2.00 bits per heavy atom. The summed E-state index contributed by atoms with van der Waals surface area (Å²) in [6.07, 6.45) is 5.01. The molecule has 2 rings (SSSR count). The average molecular weight is 392 g/mol. The van der Waals surface area contributed by atoms with Gasteiger partial charge < -0.3 is 16.0 Å². The predicted octanol–water partition coefficient (Wildman–Crippen LogP) is 1.68. The van der Waals surface area contributed by atoms with E-state index in [1.807, 2.05) is 24.4 Å². The highest BCUT2D eigenvalue weighted by Gasteiger charge is 2.20. The van der Waals surface area contributed by atoms with Crippen molar-refractivity contribution in [2.45, 2.75) is 32.2 Å². The van der Waals surface area contributed by atoms with Crippen LogP contribution in [0.4, 0.5) is 5.82 Å². The van der Waals surface area contributed by atoms with Crippen LogP contribution in [0.5, 0.6) is 0 Å². The molecule has 0 bridgehead atoms. The van der Waals surface area contributed by atoms with Crippen LogP contribution in [0.1, 0.15) is 26.2 Å². The number of carbonyl (C=O) groups is 1. The number of nitrogens with zero attached hydrogens (tertiary/aromatic N) is 3. The van der Waals surface area contributed by atoms with Gasteiger partial charge in [0.15, 0.2) is 0 Å². The number of pyridine rings is 1. The van der Waals surface area contributed by atoms with Crippen LogP contribution >= 0.6 is 24.8 Å². The number of amides is 1. The first-order chi connectivity index (χ1) is 11.2. The molecule has 1 unspecified atom stereocenters. The number of aromatic nitrogens is 1. The van der Waals surface area contributed by atoms with E-state index in [0.717, 1.165) is 51.3 Å². The van der Waals surface area contributed by atoms with Crippen LogP contribution in [-0.2, 0) is 4.79 Å². The second-order valence-electron chi connectivity index (χ2n) is 6.09. The highest BCUT2D eigenvalue weighted by atomic mass is 35.5. The second kappa shape index (κ2) is 13.2. The lowest BCUT2D eigenvalue weighted by Crippen LogP contribution is -2.51. The van der Waals surface area contributed by atoms with Gasteiger partial charge in [0.25, 0.3) is 0 Å². The zero-order valence-corrected chi connectivity index (χ0v) is 16.5. The topological polar surface area (TPSA) is 74.5 Å². The van der Waals surface area contributed by atoms with Gasteiger partial charge >= 0.3 is 0 Å². The molecular weight excluding hydrogens is 361 g/mol. The number of hydrogen-bond donors (Lipinski definition) is 2. The van der Waals surface area contributed by atoms with Crippen molar-refractivity contribution in [2.24, 2.45) is 5.73 Å². The zero-order chi connectivity index (χ0) is 16.5. The zero-order valence-electron chi connectivity index (χ0n) is 14.9. The Morgan fingerprint density at radius 1 is 1.28 bits per heavy atom. The minimum absolute atomic E-state index is 0. The van der Waals surface area contributed by atoms with E-state index in [4.69, 9.17) is 5.73 Å². The third kappa shape index (κ3) is 8.23. The number of nitrogens with two attached hydrogens (primary N) is 1. The van der Waals surface area contributed by atoms with Gasteiger partial charge in [0.05, 0.1) is 6.54 Å². The molecule has 1 aliphatic rings. The lowest BCUT2D eigenvalue weighted by atomic mass is 10.1.